The molecule has 3 rings (SSSR count). The molecular weight excluding hydrogens is 576 g/mol. The van der Waals surface area contributed by atoms with Gasteiger partial charge in [0.1, 0.15) is 48.8 Å². The van der Waals surface area contributed by atoms with Gasteiger partial charge in [0.05, 0.1) is 43.0 Å². The van der Waals surface area contributed by atoms with E-state index in [0.29, 0.717) is 13.0 Å². The summed E-state index contributed by atoms with van der Waals surface area (Å²) < 4.78 is 40.0. The van der Waals surface area contributed by atoms with Crippen molar-refractivity contribution in [1.29, 1.82) is 0 Å². The first-order valence-corrected chi connectivity index (χ1v) is 14.6. The molecule has 0 aromatic carbocycles. The number of methoxy groups -OCH3 is 1. The van der Waals surface area contributed by atoms with Crippen LogP contribution in [-0.4, -0.2) is 154 Å². The molecule has 0 spiro atoms. The van der Waals surface area contributed by atoms with E-state index in [0.717, 1.165) is 0 Å². The second kappa shape index (κ2) is 15.5. The van der Waals surface area contributed by atoms with Gasteiger partial charge in [-0.15, -0.1) is 0 Å². The summed E-state index contributed by atoms with van der Waals surface area (Å²) in [6, 6.07) is -0.919. The van der Waals surface area contributed by atoms with Crippen LogP contribution < -0.4 is 11.1 Å². The molecule has 9 N–H and O–H groups in total. The van der Waals surface area contributed by atoms with Gasteiger partial charge in [-0.2, -0.15) is 0 Å². The maximum absolute atomic E-state index is 12.4. The van der Waals surface area contributed by atoms with E-state index in [1.807, 2.05) is 0 Å². The first-order valence-electron chi connectivity index (χ1n) is 14.6. The highest BCUT2D eigenvalue weighted by atomic mass is 16.7. The Morgan fingerprint density at radius 3 is 1.84 bits per heavy atom. The zero-order valence-electron chi connectivity index (χ0n) is 25.5. The molecule has 0 saturated carbocycles. The summed E-state index contributed by atoms with van der Waals surface area (Å²) in [6.07, 6.45) is -17.2. The minimum Gasteiger partial charge on any atom is -0.390 e. The van der Waals surface area contributed by atoms with Crippen LogP contribution in [0.1, 0.15) is 47.5 Å². The average molecular weight is 627 g/mol. The van der Waals surface area contributed by atoms with Crippen molar-refractivity contribution < 1.29 is 68.6 Å². The number of amides is 1. The third kappa shape index (κ3) is 9.01. The molecule has 0 aliphatic carbocycles. The molecule has 252 valence electrons. The van der Waals surface area contributed by atoms with Crippen molar-refractivity contribution in [3.05, 3.63) is 0 Å². The summed E-state index contributed by atoms with van der Waals surface area (Å²) in [4.78, 5) is 12.4. The quantitative estimate of drug-likeness (QED) is 0.0996. The van der Waals surface area contributed by atoms with E-state index < -0.39 is 104 Å². The maximum atomic E-state index is 12.4. The number of nitrogens with two attached hydrogens (primary N) is 1. The minimum absolute atomic E-state index is 0.200. The van der Waals surface area contributed by atoms with E-state index in [4.69, 9.17) is 38.9 Å². The lowest BCUT2D eigenvalue weighted by Gasteiger charge is -2.48. The van der Waals surface area contributed by atoms with Gasteiger partial charge in [0.15, 0.2) is 18.9 Å². The van der Waals surface area contributed by atoms with Crippen molar-refractivity contribution in [2.45, 2.75) is 145 Å². The van der Waals surface area contributed by atoms with E-state index in [2.05, 4.69) is 5.32 Å². The van der Waals surface area contributed by atoms with Crippen LogP contribution in [0.25, 0.3) is 0 Å². The Kier molecular flexibility index (Phi) is 13.1. The van der Waals surface area contributed by atoms with Crippen LogP contribution >= 0.6 is 0 Å². The van der Waals surface area contributed by atoms with Crippen molar-refractivity contribution in [2.75, 3.05) is 20.3 Å². The van der Waals surface area contributed by atoms with Gasteiger partial charge >= 0.3 is 0 Å². The Morgan fingerprint density at radius 1 is 0.791 bits per heavy atom. The zero-order valence-corrected chi connectivity index (χ0v) is 25.5. The average Bonchev–Trinajstić information content (AvgIpc) is 2.91. The molecular formula is C27H50N2O14. The molecule has 15 atom stereocenters. The predicted octanol–water partition coefficient (Wildman–Crippen LogP) is -3.18. The molecule has 16 heteroatoms. The second-order valence-corrected chi connectivity index (χ2v) is 12.1. The molecule has 3 fully saturated rings. The largest absolute Gasteiger partial charge is 0.390 e. The molecule has 0 aromatic heterocycles. The lowest BCUT2D eigenvalue weighted by molar-refractivity contribution is -0.373. The monoisotopic (exact) mass is 626 g/mol. The summed E-state index contributed by atoms with van der Waals surface area (Å²) >= 11 is 0. The highest BCUT2D eigenvalue weighted by Gasteiger charge is 2.53. The van der Waals surface area contributed by atoms with Gasteiger partial charge in [0.2, 0.25) is 5.91 Å². The molecule has 43 heavy (non-hydrogen) atoms. The third-order valence-corrected chi connectivity index (χ3v) is 7.80. The molecule has 0 bridgehead atoms. The molecule has 3 saturated heterocycles. The smallest absolute Gasteiger partial charge is 0.223 e. The van der Waals surface area contributed by atoms with Gasteiger partial charge in [-0.25, -0.2) is 0 Å². The van der Waals surface area contributed by atoms with E-state index in [1.54, 1.807) is 13.8 Å². The molecule has 0 unspecified atom stereocenters. The number of carbonyl (C=O) groups excluding carboxylic acids is 1. The van der Waals surface area contributed by atoms with Crippen LogP contribution in [0.3, 0.4) is 0 Å². The molecule has 1 amide bonds. The SMILES string of the molecule is CO[C@H]1[C@H](O[C@@H]2[C@@H](O)[C@H](C)O[C@@H](O[C@@H]3[C@@H](O)[C@H](C)O[C@@H](OCCCN)[C@@H]3O)[C@@H]2O)O[C@H](C)[C@@H](NC(=O)CC(C)(C)O)[C@@H]1O. The van der Waals surface area contributed by atoms with Crippen LogP contribution in [0.2, 0.25) is 0 Å². The van der Waals surface area contributed by atoms with Crippen molar-refractivity contribution in [3.8, 4) is 0 Å². The van der Waals surface area contributed by atoms with Crippen molar-refractivity contribution in [2.24, 2.45) is 5.73 Å². The lowest BCUT2D eigenvalue weighted by atomic mass is 9.94. The summed E-state index contributed by atoms with van der Waals surface area (Å²) in [7, 11) is 1.30. The minimum atomic E-state index is -1.65. The highest BCUT2D eigenvalue weighted by Crippen LogP contribution is 2.33. The topological polar surface area (TPSA) is 241 Å². The molecule has 16 nitrogen and oxygen atoms in total. The number of aliphatic hydroxyl groups is 6. The number of hydrogen-bond donors (Lipinski definition) is 8. The second-order valence-electron chi connectivity index (χ2n) is 12.1. The number of hydrogen-bond acceptors (Lipinski definition) is 15. The number of rotatable bonds is 12. The predicted molar refractivity (Wildman–Crippen MR) is 146 cm³/mol. The van der Waals surface area contributed by atoms with Crippen LogP contribution in [-0.2, 0) is 38.0 Å². The summed E-state index contributed by atoms with van der Waals surface area (Å²) in [5.74, 6) is -0.510. The van der Waals surface area contributed by atoms with E-state index in [1.165, 1.54) is 27.9 Å². The van der Waals surface area contributed by atoms with E-state index in [-0.39, 0.29) is 13.0 Å². The van der Waals surface area contributed by atoms with Gasteiger partial charge < -0.3 is 74.8 Å². The number of ether oxygens (including phenoxy) is 7. The van der Waals surface area contributed by atoms with Crippen LogP contribution in [0.5, 0.6) is 0 Å². The van der Waals surface area contributed by atoms with E-state index in [9.17, 15) is 35.4 Å². The molecule has 3 aliphatic heterocycles. The van der Waals surface area contributed by atoms with Gasteiger partial charge in [0, 0.05) is 7.11 Å². The molecule has 0 aromatic rings. The molecule has 3 aliphatic rings. The first-order chi connectivity index (χ1) is 20.1. The van der Waals surface area contributed by atoms with Gasteiger partial charge in [-0.1, -0.05) is 0 Å². The van der Waals surface area contributed by atoms with Gasteiger partial charge in [0.25, 0.3) is 0 Å². The zero-order chi connectivity index (χ0) is 32.2. The van der Waals surface area contributed by atoms with Crippen LogP contribution in [0, 0.1) is 0 Å². The third-order valence-electron chi connectivity index (χ3n) is 7.80. The van der Waals surface area contributed by atoms with E-state index >= 15 is 0 Å². The van der Waals surface area contributed by atoms with Crippen molar-refractivity contribution >= 4 is 5.91 Å². The molecule has 3 heterocycles. The van der Waals surface area contributed by atoms with Gasteiger partial charge in [-0.05, 0) is 47.6 Å². The summed E-state index contributed by atoms with van der Waals surface area (Å²) in [5, 5.41) is 67.3. The Bertz CT molecular complexity index is 879. The number of carbonyl (C=O) groups is 1. The fourth-order valence-electron chi connectivity index (χ4n) is 5.37. The first kappa shape index (κ1) is 36.4. The number of nitrogens with one attached hydrogen (secondary N) is 1. The van der Waals surface area contributed by atoms with Crippen LogP contribution in [0.15, 0.2) is 0 Å². The van der Waals surface area contributed by atoms with Crippen molar-refractivity contribution in [1.82, 2.24) is 5.32 Å². The Hall–Kier alpha value is -1.09. The number of aliphatic hydroxyl groups excluding tert-OH is 5. The summed E-state index contributed by atoms with van der Waals surface area (Å²) in [6.45, 7) is 8.20. The normalized spacial score (nSPS) is 44.3. The van der Waals surface area contributed by atoms with Gasteiger partial charge in [-0.3, -0.25) is 4.79 Å². The van der Waals surface area contributed by atoms with Crippen LogP contribution in [0.4, 0.5) is 0 Å². The Morgan fingerprint density at radius 2 is 1.30 bits per heavy atom. The maximum Gasteiger partial charge on any atom is 0.223 e. The van der Waals surface area contributed by atoms with Crippen molar-refractivity contribution in [3.63, 3.8) is 0 Å². The fourth-order valence-corrected chi connectivity index (χ4v) is 5.37. The fraction of sp³-hybridized carbons (Fsp3) is 0.963. The molecule has 0 radical (unpaired) electrons. The Balaban J connectivity index is 1.72. The Labute approximate surface area is 251 Å². The highest BCUT2D eigenvalue weighted by molar-refractivity contribution is 5.77. The standard InChI is InChI=1S/C27H50N2O14/c1-11-15(29-14(30)10-27(4,5)36)18(33)23(37-6)26(39-11)43-22-17(32)13(3)41-25(20(22)35)42-21-16(31)12(2)40-24(19(21)34)38-9-7-8-28/h11-13,15-26,31-36H,7-10,28H2,1-6H3,(H,29,30)/t11-,12+,13+,15-,16+,17+,18+,19-,20-,21-,22-,23-,24-,25+,26+/m1/s1. The lowest BCUT2D eigenvalue weighted by Crippen LogP contribution is -2.67. The summed E-state index contributed by atoms with van der Waals surface area (Å²) in [5.41, 5.74) is 4.23.